The van der Waals surface area contributed by atoms with Crippen molar-refractivity contribution in [3.8, 4) is 0 Å². The summed E-state index contributed by atoms with van der Waals surface area (Å²) in [6.45, 7) is 3.21. The molecule has 4 heteroatoms. The molecule has 1 aliphatic rings. The number of fused-ring (bicyclic) bond motifs is 1. The highest BCUT2D eigenvalue weighted by Crippen LogP contribution is 2.27. The maximum absolute atomic E-state index is 10.9. The molecule has 1 aromatic heterocycles. The fourth-order valence-corrected chi connectivity index (χ4v) is 2.78. The summed E-state index contributed by atoms with van der Waals surface area (Å²) in [4.78, 5) is 15.6. The summed E-state index contributed by atoms with van der Waals surface area (Å²) in [5.74, 6) is 0. The van der Waals surface area contributed by atoms with Gasteiger partial charge in [0.05, 0.1) is 0 Å². The van der Waals surface area contributed by atoms with E-state index in [1.54, 1.807) is 0 Å². The average molecular weight is 270 g/mol. The number of aromatic amines is 1. The van der Waals surface area contributed by atoms with E-state index in [9.17, 15) is 4.79 Å². The van der Waals surface area contributed by atoms with Gasteiger partial charge in [-0.2, -0.15) is 0 Å². The number of rotatable bonds is 2. The normalized spacial score (nSPS) is 15.4. The first kappa shape index (κ1) is 12.8. The summed E-state index contributed by atoms with van der Waals surface area (Å²) < 4.78 is 0. The number of aromatic nitrogens is 1. The Hall–Kier alpha value is -2.23. The lowest BCUT2D eigenvalue weighted by Gasteiger charge is -2.23. The second kappa shape index (κ2) is 5.04. The van der Waals surface area contributed by atoms with Crippen molar-refractivity contribution in [3.63, 3.8) is 0 Å². The summed E-state index contributed by atoms with van der Waals surface area (Å²) in [7, 11) is 0. The lowest BCUT2D eigenvalue weighted by molar-refractivity contribution is 0.150. The molecule has 0 radical (unpaired) electrons. The molecular formula is C16H18N2O2. The molecule has 2 heterocycles. The Balaban J connectivity index is 1.93. The van der Waals surface area contributed by atoms with Crippen LogP contribution in [0.4, 0.5) is 4.79 Å². The number of benzene rings is 1. The van der Waals surface area contributed by atoms with Crippen LogP contribution >= 0.6 is 0 Å². The van der Waals surface area contributed by atoms with E-state index in [4.69, 9.17) is 5.11 Å². The fraction of sp³-hybridized carbons (Fsp3) is 0.312. The van der Waals surface area contributed by atoms with E-state index in [0.717, 1.165) is 18.4 Å². The first-order valence-electron chi connectivity index (χ1n) is 6.96. The van der Waals surface area contributed by atoms with Crippen molar-refractivity contribution in [2.24, 2.45) is 0 Å². The highest BCUT2D eigenvalue weighted by molar-refractivity contribution is 5.87. The molecular weight excluding hydrogens is 252 g/mol. The van der Waals surface area contributed by atoms with Gasteiger partial charge in [-0.15, -0.1) is 0 Å². The van der Waals surface area contributed by atoms with Crippen LogP contribution in [0, 0.1) is 0 Å². The molecule has 0 saturated carbocycles. The van der Waals surface area contributed by atoms with Crippen LogP contribution in [0.1, 0.15) is 24.5 Å². The van der Waals surface area contributed by atoms with Gasteiger partial charge in [0.1, 0.15) is 0 Å². The summed E-state index contributed by atoms with van der Waals surface area (Å²) in [5.41, 5.74) is 4.93. The monoisotopic (exact) mass is 270 g/mol. The Kier molecular flexibility index (Phi) is 3.22. The molecule has 0 fully saturated rings. The molecule has 0 spiro atoms. The molecule has 0 bridgehead atoms. The molecule has 2 aromatic rings. The van der Waals surface area contributed by atoms with E-state index in [2.05, 4.69) is 36.3 Å². The Morgan fingerprint density at radius 2 is 2.30 bits per heavy atom. The summed E-state index contributed by atoms with van der Waals surface area (Å²) >= 11 is 0. The highest BCUT2D eigenvalue weighted by atomic mass is 16.4. The number of nitrogens with one attached hydrogen (secondary N) is 1. The van der Waals surface area contributed by atoms with E-state index >= 15 is 0 Å². The first-order chi connectivity index (χ1) is 9.69. The van der Waals surface area contributed by atoms with E-state index in [-0.39, 0.29) is 0 Å². The van der Waals surface area contributed by atoms with Gasteiger partial charge in [-0.3, -0.25) is 0 Å². The van der Waals surface area contributed by atoms with Crippen LogP contribution in [-0.4, -0.2) is 34.2 Å². The zero-order valence-electron chi connectivity index (χ0n) is 11.5. The molecule has 2 N–H and O–H groups in total. The molecule has 1 aromatic carbocycles. The minimum absolute atomic E-state index is 0.483. The van der Waals surface area contributed by atoms with E-state index in [1.165, 1.54) is 27.0 Å². The van der Waals surface area contributed by atoms with Crippen LogP contribution in [0.25, 0.3) is 16.5 Å². The molecule has 3 rings (SSSR count). The lowest BCUT2D eigenvalue weighted by Crippen LogP contribution is -2.33. The third-order valence-electron chi connectivity index (χ3n) is 4.00. The zero-order chi connectivity index (χ0) is 14.1. The Morgan fingerprint density at radius 1 is 1.45 bits per heavy atom. The number of amides is 1. The standard InChI is InChI=1S/C16H18N2O2/c1-2-11-10-17-15-4-3-13(9-14(11)15)12-5-7-18(8-6-12)16(19)20/h3-5,9-10,17H,2,6-8H2,1H3,(H,19,20). The third-order valence-corrected chi connectivity index (χ3v) is 4.00. The van der Waals surface area contributed by atoms with Crippen molar-refractivity contribution in [3.05, 3.63) is 41.6 Å². The van der Waals surface area contributed by atoms with Gasteiger partial charge >= 0.3 is 6.09 Å². The minimum atomic E-state index is -0.838. The van der Waals surface area contributed by atoms with Crippen molar-refractivity contribution in [2.75, 3.05) is 13.1 Å². The number of carbonyl (C=O) groups is 1. The average Bonchev–Trinajstić information content (AvgIpc) is 2.89. The van der Waals surface area contributed by atoms with Gasteiger partial charge in [0.2, 0.25) is 0 Å². The van der Waals surface area contributed by atoms with Crippen LogP contribution < -0.4 is 0 Å². The quantitative estimate of drug-likeness (QED) is 0.877. The van der Waals surface area contributed by atoms with Crippen molar-refractivity contribution in [2.45, 2.75) is 19.8 Å². The van der Waals surface area contributed by atoms with Crippen molar-refractivity contribution >= 4 is 22.6 Å². The Labute approximate surface area is 117 Å². The van der Waals surface area contributed by atoms with Crippen LogP contribution in [0.15, 0.2) is 30.5 Å². The van der Waals surface area contributed by atoms with Gasteiger partial charge in [0.25, 0.3) is 0 Å². The minimum Gasteiger partial charge on any atom is -0.465 e. The fourth-order valence-electron chi connectivity index (χ4n) is 2.78. The number of H-pyrrole nitrogens is 1. The molecule has 0 saturated heterocycles. The maximum Gasteiger partial charge on any atom is 0.407 e. The summed E-state index contributed by atoms with van der Waals surface area (Å²) in [6, 6.07) is 6.43. The van der Waals surface area contributed by atoms with Crippen LogP contribution in [0.3, 0.4) is 0 Å². The molecule has 104 valence electrons. The second-order valence-electron chi connectivity index (χ2n) is 5.14. The SMILES string of the molecule is CCc1c[nH]c2ccc(C3=CCN(C(=O)O)CC3)cc12. The smallest absolute Gasteiger partial charge is 0.407 e. The van der Waals surface area contributed by atoms with Crippen molar-refractivity contribution < 1.29 is 9.90 Å². The first-order valence-corrected chi connectivity index (χ1v) is 6.96. The second-order valence-corrected chi connectivity index (χ2v) is 5.14. The number of aryl methyl sites for hydroxylation is 1. The molecule has 4 nitrogen and oxygen atoms in total. The zero-order valence-corrected chi connectivity index (χ0v) is 11.5. The van der Waals surface area contributed by atoms with E-state index < -0.39 is 6.09 Å². The molecule has 0 atom stereocenters. The van der Waals surface area contributed by atoms with Gasteiger partial charge < -0.3 is 15.0 Å². The van der Waals surface area contributed by atoms with Gasteiger partial charge in [-0.05, 0) is 41.7 Å². The number of carboxylic acid groups (broad SMARTS) is 1. The number of hydrogen-bond acceptors (Lipinski definition) is 1. The predicted molar refractivity (Wildman–Crippen MR) is 79.9 cm³/mol. The molecule has 1 amide bonds. The van der Waals surface area contributed by atoms with Crippen molar-refractivity contribution in [1.82, 2.24) is 9.88 Å². The highest BCUT2D eigenvalue weighted by Gasteiger charge is 2.17. The van der Waals surface area contributed by atoms with Gasteiger partial charge in [-0.25, -0.2) is 4.79 Å². The molecule has 0 unspecified atom stereocenters. The topological polar surface area (TPSA) is 56.3 Å². The Morgan fingerprint density at radius 3 is 2.95 bits per heavy atom. The summed E-state index contributed by atoms with van der Waals surface area (Å²) in [6.07, 6.45) is 5.04. The van der Waals surface area contributed by atoms with Crippen LogP contribution in [0.5, 0.6) is 0 Å². The van der Waals surface area contributed by atoms with Crippen LogP contribution in [-0.2, 0) is 6.42 Å². The van der Waals surface area contributed by atoms with E-state index in [0.29, 0.717) is 13.1 Å². The Bertz CT molecular complexity index is 685. The largest absolute Gasteiger partial charge is 0.465 e. The molecule has 20 heavy (non-hydrogen) atoms. The number of hydrogen-bond donors (Lipinski definition) is 2. The lowest BCUT2D eigenvalue weighted by atomic mass is 9.97. The summed E-state index contributed by atoms with van der Waals surface area (Å²) in [5, 5.41) is 10.2. The predicted octanol–water partition coefficient (Wildman–Crippen LogP) is 3.50. The molecule has 0 aliphatic carbocycles. The van der Waals surface area contributed by atoms with Crippen LogP contribution in [0.2, 0.25) is 0 Å². The molecule has 1 aliphatic heterocycles. The van der Waals surface area contributed by atoms with Gasteiger partial charge in [-0.1, -0.05) is 19.1 Å². The third kappa shape index (κ3) is 2.18. The van der Waals surface area contributed by atoms with Gasteiger partial charge in [0.15, 0.2) is 0 Å². The van der Waals surface area contributed by atoms with Gasteiger partial charge in [0, 0.05) is 30.2 Å². The van der Waals surface area contributed by atoms with Crippen molar-refractivity contribution in [1.29, 1.82) is 0 Å². The van der Waals surface area contributed by atoms with E-state index in [1.807, 2.05) is 6.08 Å². The maximum atomic E-state index is 10.9. The number of nitrogens with zero attached hydrogens (tertiary/aromatic N) is 1.